The molecule has 106 valence electrons. The van der Waals surface area contributed by atoms with Crippen molar-refractivity contribution in [1.29, 1.82) is 0 Å². The average Bonchev–Trinajstić information content (AvgIpc) is 2.36. The number of carbonyl (C=O) groups is 2. The van der Waals surface area contributed by atoms with Gasteiger partial charge in [0.2, 0.25) is 11.8 Å². The van der Waals surface area contributed by atoms with Gasteiger partial charge in [-0.1, -0.05) is 12.8 Å². The molecule has 1 unspecified atom stereocenters. The van der Waals surface area contributed by atoms with Crippen LogP contribution in [0, 0.1) is 0 Å². The maximum Gasteiger partial charge on any atom is 0.244 e. The highest BCUT2D eigenvalue weighted by Crippen LogP contribution is 2.02. The first kappa shape index (κ1) is 16.9. The zero-order chi connectivity index (χ0) is 14.0. The zero-order valence-electron chi connectivity index (χ0n) is 11.9. The molecule has 0 aliphatic rings. The lowest BCUT2D eigenvalue weighted by atomic mass is 10.1. The van der Waals surface area contributed by atoms with Crippen molar-refractivity contribution < 1.29 is 9.59 Å². The van der Waals surface area contributed by atoms with Gasteiger partial charge in [0.25, 0.3) is 0 Å². The van der Waals surface area contributed by atoms with Gasteiger partial charge in [-0.25, -0.2) is 0 Å². The SMILES string of the molecule is CCN(C)C(=O)C(C)NC(=O)CCCCCCN. The molecule has 0 saturated heterocycles. The van der Waals surface area contributed by atoms with Crippen LogP contribution in [0.5, 0.6) is 0 Å². The molecule has 18 heavy (non-hydrogen) atoms. The Kier molecular flexibility index (Phi) is 9.28. The van der Waals surface area contributed by atoms with Gasteiger partial charge in [-0.15, -0.1) is 0 Å². The fourth-order valence-corrected chi connectivity index (χ4v) is 1.65. The van der Waals surface area contributed by atoms with E-state index in [4.69, 9.17) is 5.73 Å². The number of amides is 2. The molecule has 5 heteroatoms. The molecule has 0 fully saturated rings. The first-order valence-corrected chi connectivity index (χ1v) is 6.77. The average molecular weight is 257 g/mol. The lowest BCUT2D eigenvalue weighted by Gasteiger charge is -2.20. The zero-order valence-corrected chi connectivity index (χ0v) is 11.9. The summed E-state index contributed by atoms with van der Waals surface area (Å²) in [6.07, 6.45) is 4.44. The van der Waals surface area contributed by atoms with Crippen molar-refractivity contribution in [3.8, 4) is 0 Å². The van der Waals surface area contributed by atoms with Crippen LogP contribution in [0.2, 0.25) is 0 Å². The molecule has 5 nitrogen and oxygen atoms in total. The van der Waals surface area contributed by atoms with E-state index in [-0.39, 0.29) is 11.8 Å². The third-order valence-electron chi connectivity index (χ3n) is 2.96. The van der Waals surface area contributed by atoms with Gasteiger partial charge in [0.05, 0.1) is 0 Å². The normalized spacial score (nSPS) is 12.0. The molecule has 0 aromatic heterocycles. The van der Waals surface area contributed by atoms with Gasteiger partial charge < -0.3 is 16.0 Å². The number of unbranched alkanes of at least 4 members (excludes halogenated alkanes) is 3. The van der Waals surface area contributed by atoms with Crippen LogP contribution in [0.15, 0.2) is 0 Å². The second kappa shape index (κ2) is 9.88. The minimum Gasteiger partial charge on any atom is -0.345 e. The Morgan fingerprint density at radius 1 is 1.22 bits per heavy atom. The molecular weight excluding hydrogens is 230 g/mol. The number of carbonyl (C=O) groups excluding carboxylic acids is 2. The third kappa shape index (κ3) is 7.27. The monoisotopic (exact) mass is 257 g/mol. The Morgan fingerprint density at radius 2 is 1.83 bits per heavy atom. The predicted octanol–water partition coefficient (Wildman–Crippen LogP) is 0.879. The van der Waals surface area contributed by atoms with E-state index < -0.39 is 6.04 Å². The Bertz CT molecular complexity index is 257. The smallest absolute Gasteiger partial charge is 0.244 e. The molecule has 0 radical (unpaired) electrons. The maximum atomic E-state index is 11.7. The second-order valence-corrected chi connectivity index (χ2v) is 4.59. The molecule has 2 amide bonds. The molecular formula is C13H27N3O2. The van der Waals surface area contributed by atoms with Gasteiger partial charge in [-0.05, 0) is 33.2 Å². The van der Waals surface area contributed by atoms with E-state index >= 15 is 0 Å². The lowest BCUT2D eigenvalue weighted by molar-refractivity contribution is -0.134. The topological polar surface area (TPSA) is 75.4 Å². The van der Waals surface area contributed by atoms with Crippen molar-refractivity contribution in [3.05, 3.63) is 0 Å². The fourth-order valence-electron chi connectivity index (χ4n) is 1.65. The van der Waals surface area contributed by atoms with Gasteiger partial charge in [-0.3, -0.25) is 9.59 Å². The van der Waals surface area contributed by atoms with Crippen LogP contribution in [-0.2, 0) is 9.59 Å². The molecule has 0 bridgehead atoms. The van der Waals surface area contributed by atoms with E-state index in [0.29, 0.717) is 19.5 Å². The van der Waals surface area contributed by atoms with E-state index in [1.165, 1.54) is 0 Å². The van der Waals surface area contributed by atoms with Crippen LogP contribution in [0.4, 0.5) is 0 Å². The van der Waals surface area contributed by atoms with Crippen molar-refractivity contribution >= 4 is 11.8 Å². The summed E-state index contributed by atoms with van der Waals surface area (Å²) in [6.45, 7) is 4.99. The third-order valence-corrected chi connectivity index (χ3v) is 2.96. The van der Waals surface area contributed by atoms with E-state index in [1.807, 2.05) is 6.92 Å². The van der Waals surface area contributed by atoms with Crippen molar-refractivity contribution in [2.45, 2.75) is 52.0 Å². The number of nitrogens with one attached hydrogen (secondary N) is 1. The van der Waals surface area contributed by atoms with Gasteiger partial charge in [0.1, 0.15) is 6.04 Å². The van der Waals surface area contributed by atoms with Gasteiger partial charge in [0, 0.05) is 20.0 Å². The molecule has 0 rings (SSSR count). The van der Waals surface area contributed by atoms with E-state index in [2.05, 4.69) is 5.32 Å². The van der Waals surface area contributed by atoms with Crippen molar-refractivity contribution in [2.75, 3.05) is 20.1 Å². The maximum absolute atomic E-state index is 11.7. The molecule has 1 atom stereocenters. The molecule has 0 saturated carbocycles. The summed E-state index contributed by atoms with van der Waals surface area (Å²) in [5, 5.41) is 2.73. The number of hydrogen-bond acceptors (Lipinski definition) is 3. The quantitative estimate of drug-likeness (QED) is 0.602. The van der Waals surface area contributed by atoms with E-state index in [9.17, 15) is 9.59 Å². The highest BCUT2D eigenvalue weighted by molar-refractivity contribution is 5.87. The first-order valence-electron chi connectivity index (χ1n) is 6.77. The summed E-state index contributed by atoms with van der Waals surface area (Å²) >= 11 is 0. The van der Waals surface area contributed by atoms with Crippen LogP contribution >= 0.6 is 0 Å². The van der Waals surface area contributed by atoms with Gasteiger partial charge in [0.15, 0.2) is 0 Å². The summed E-state index contributed by atoms with van der Waals surface area (Å²) in [7, 11) is 1.73. The van der Waals surface area contributed by atoms with Crippen LogP contribution in [0.1, 0.15) is 46.0 Å². The Labute approximate surface area is 110 Å². The highest BCUT2D eigenvalue weighted by Gasteiger charge is 2.17. The molecule has 3 N–H and O–H groups in total. The highest BCUT2D eigenvalue weighted by atomic mass is 16.2. The molecule has 0 aliphatic carbocycles. The van der Waals surface area contributed by atoms with Gasteiger partial charge in [-0.2, -0.15) is 0 Å². The van der Waals surface area contributed by atoms with Crippen molar-refractivity contribution in [1.82, 2.24) is 10.2 Å². The predicted molar refractivity (Wildman–Crippen MR) is 73.1 cm³/mol. The summed E-state index contributed by atoms with van der Waals surface area (Å²) in [5.74, 6) is -0.0953. The second-order valence-electron chi connectivity index (χ2n) is 4.59. The van der Waals surface area contributed by atoms with E-state index in [0.717, 1.165) is 25.7 Å². The fraction of sp³-hybridized carbons (Fsp3) is 0.846. The minimum absolute atomic E-state index is 0.0472. The number of rotatable bonds is 9. The number of nitrogens with zero attached hydrogens (tertiary/aromatic N) is 1. The summed E-state index contributed by atoms with van der Waals surface area (Å²) in [6, 6.07) is -0.438. The molecule has 0 aliphatic heterocycles. The minimum atomic E-state index is -0.438. The Morgan fingerprint density at radius 3 is 2.39 bits per heavy atom. The van der Waals surface area contributed by atoms with Crippen LogP contribution < -0.4 is 11.1 Å². The molecule has 0 aromatic carbocycles. The Balaban J connectivity index is 3.77. The van der Waals surface area contributed by atoms with Crippen LogP contribution in [-0.4, -0.2) is 42.9 Å². The summed E-state index contributed by atoms with van der Waals surface area (Å²) < 4.78 is 0. The standard InChI is InChI=1S/C13H27N3O2/c1-4-16(3)13(18)11(2)15-12(17)9-7-5-6-8-10-14/h11H,4-10,14H2,1-3H3,(H,15,17). The Hall–Kier alpha value is -1.10. The number of hydrogen-bond donors (Lipinski definition) is 2. The van der Waals surface area contributed by atoms with Gasteiger partial charge >= 0.3 is 0 Å². The molecule has 0 aromatic rings. The molecule has 0 spiro atoms. The van der Waals surface area contributed by atoms with Crippen LogP contribution in [0.3, 0.4) is 0 Å². The number of nitrogens with two attached hydrogens (primary N) is 1. The van der Waals surface area contributed by atoms with Crippen molar-refractivity contribution in [2.24, 2.45) is 5.73 Å². The molecule has 0 heterocycles. The summed E-state index contributed by atoms with van der Waals surface area (Å²) in [4.78, 5) is 24.9. The largest absolute Gasteiger partial charge is 0.345 e. The van der Waals surface area contributed by atoms with Crippen molar-refractivity contribution in [3.63, 3.8) is 0 Å². The number of likely N-dealkylation sites (N-methyl/N-ethyl adjacent to an activating group) is 1. The summed E-state index contributed by atoms with van der Waals surface area (Å²) in [5.41, 5.74) is 5.39. The first-order chi connectivity index (χ1) is 8.52. The van der Waals surface area contributed by atoms with E-state index in [1.54, 1.807) is 18.9 Å². The van der Waals surface area contributed by atoms with Crippen LogP contribution in [0.25, 0.3) is 0 Å². The lowest BCUT2D eigenvalue weighted by Crippen LogP contribution is -2.45.